The summed E-state index contributed by atoms with van der Waals surface area (Å²) in [6.07, 6.45) is 3.98. The van der Waals surface area contributed by atoms with E-state index in [4.69, 9.17) is 9.73 Å². The predicted octanol–water partition coefficient (Wildman–Crippen LogP) is 1.63. The fourth-order valence-corrected chi connectivity index (χ4v) is 5.94. The highest BCUT2D eigenvalue weighted by Gasteiger charge is 2.40. The second-order valence-corrected chi connectivity index (χ2v) is 9.21. The Morgan fingerprint density at radius 1 is 1.24 bits per heavy atom. The van der Waals surface area contributed by atoms with Crippen LogP contribution in [0.25, 0.3) is 0 Å². The number of rotatable bonds is 6. The zero-order valence-electron chi connectivity index (χ0n) is 18.0. The monoisotopic (exact) mass is 539 g/mol. The summed E-state index contributed by atoms with van der Waals surface area (Å²) in [5.41, 5.74) is 0.187. The Labute approximate surface area is 197 Å². The van der Waals surface area contributed by atoms with Gasteiger partial charge in [-0.2, -0.15) is 11.8 Å². The number of morpholine rings is 1. The highest BCUT2D eigenvalue weighted by atomic mass is 127. The molecular weight excluding hydrogens is 501 g/mol. The molecule has 7 nitrogen and oxygen atoms in total. The van der Waals surface area contributed by atoms with Gasteiger partial charge in [0, 0.05) is 51.9 Å². The molecule has 0 aliphatic carbocycles. The van der Waals surface area contributed by atoms with Crippen LogP contribution in [0.15, 0.2) is 4.99 Å². The molecule has 0 saturated carbocycles. The maximum Gasteiger partial charge on any atom is 0.220 e. The predicted molar refractivity (Wildman–Crippen MR) is 131 cm³/mol. The number of carbonyl (C=O) groups is 1. The molecule has 2 N–H and O–H groups in total. The van der Waals surface area contributed by atoms with Gasteiger partial charge in [0.1, 0.15) is 0 Å². The Morgan fingerprint density at radius 2 is 1.97 bits per heavy atom. The van der Waals surface area contributed by atoms with Crippen LogP contribution in [-0.2, 0) is 9.53 Å². The number of carbonyl (C=O) groups excluding carboxylic acids is 1. The van der Waals surface area contributed by atoms with Crippen molar-refractivity contribution in [3.63, 3.8) is 0 Å². The Hall–Kier alpha value is -0.260. The summed E-state index contributed by atoms with van der Waals surface area (Å²) >= 11 is 2.06. The summed E-state index contributed by atoms with van der Waals surface area (Å²) in [5.74, 6) is 4.10. The summed E-state index contributed by atoms with van der Waals surface area (Å²) < 4.78 is 5.58. The van der Waals surface area contributed by atoms with Crippen LogP contribution in [-0.4, -0.2) is 98.2 Å². The molecule has 1 atom stereocenters. The van der Waals surface area contributed by atoms with Gasteiger partial charge in [-0.1, -0.05) is 0 Å². The summed E-state index contributed by atoms with van der Waals surface area (Å²) in [4.78, 5) is 21.8. The number of piperidine rings is 1. The van der Waals surface area contributed by atoms with Crippen molar-refractivity contribution in [1.29, 1.82) is 0 Å². The summed E-state index contributed by atoms with van der Waals surface area (Å²) in [6.45, 7) is 9.58. The molecule has 29 heavy (non-hydrogen) atoms. The molecule has 0 aromatic carbocycles. The van der Waals surface area contributed by atoms with E-state index in [-0.39, 0.29) is 35.4 Å². The quantitative estimate of drug-likeness (QED) is 0.304. The van der Waals surface area contributed by atoms with Gasteiger partial charge < -0.3 is 20.3 Å². The van der Waals surface area contributed by atoms with Gasteiger partial charge in [0.15, 0.2) is 5.96 Å². The van der Waals surface area contributed by atoms with Gasteiger partial charge in [0.2, 0.25) is 5.91 Å². The Bertz CT molecular complexity index is 531. The minimum Gasteiger partial charge on any atom is -0.379 e. The smallest absolute Gasteiger partial charge is 0.220 e. The highest BCUT2D eigenvalue weighted by molar-refractivity contribution is 14.0. The highest BCUT2D eigenvalue weighted by Crippen LogP contribution is 2.34. The molecule has 1 amide bonds. The van der Waals surface area contributed by atoms with Gasteiger partial charge in [-0.3, -0.25) is 14.7 Å². The van der Waals surface area contributed by atoms with E-state index < -0.39 is 0 Å². The van der Waals surface area contributed by atoms with Crippen molar-refractivity contribution < 1.29 is 9.53 Å². The van der Waals surface area contributed by atoms with Gasteiger partial charge in [-0.25, -0.2) is 0 Å². The third-order valence-electron chi connectivity index (χ3n) is 6.29. The number of nitrogens with one attached hydrogen (secondary N) is 2. The summed E-state index contributed by atoms with van der Waals surface area (Å²) in [6, 6.07) is 0. The van der Waals surface area contributed by atoms with Gasteiger partial charge in [-0.05, 0) is 37.9 Å². The van der Waals surface area contributed by atoms with Crippen LogP contribution >= 0.6 is 35.7 Å². The normalized spacial score (nSPS) is 26.8. The van der Waals surface area contributed by atoms with Crippen molar-refractivity contribution in [3.8, 4) is 0 Å². The Morgan fingerprint density at radius 3 is 2.55 bits per heavy atom. The molecule has 168 valence electrons. The van der Waals surface area contributed by atoms with Gasteiger partial charge in [0.05, 0.1) is 25.3 Å². The van der Waals surface area contributed by atoms with E-state index in [1.54, 1.807) is 7.05 Å². The average Bonchev–Trinajstić information content (AvgIpc) is 3.22. The Balaban J connectivity index is 0.00000300. The lowest BCUT2D eigenvalue weighted by Gasteiger charge is -2.42. The number of aliphatic imine (C=N–C) groups is 1. The van der Waals surface area contributed by atoms with Gasteiger partial charge >= 0.3 is 0 Å². The number of likely N-dealkylation sites (tertiary alicyclic amines) is 1. The second kappa shape index (κ2) is 12.6. The fourth-order valence-electron chi connectivity index (χ4n) is 4.47. The van der Waals surface area contributed by atoms with Crippen LogP contribution in [0.4, 0.5) is 0 Å². The molecule has 0 aromatic heterocycles. The minimum absolute atomic E-state index is 0. The van der Waals surface area contributed by atoms with Crippen LogP contribution in [0.1, 0.15) is 32.6 Å². The van der Waals surface area contributed by atoms with Crippen LogP contribution in [0.5, 0.6) is 0 Å². The molecule has 0 spiro atoms. The maximum atomic E-state index is 11.7. The van der Waals surface area contributed by atoms with E-state index in [1.807, 2.05) is 0 Å². The molecule has 0 bridgehead atoms. The van der Waals surface area contributed by atoms with Crippen molar-refractivity contribution in [2.24, 2.45) is 10.9 Å². The largest absolute Gasteiger partial charge is 0.379 e. The van der Waals surface area contributed by atoms with E-state index in [1.165, 1.54) is 17.9 Å². The SMILES string of the molecule is CCNC(=NCC1(N2CCOCC2)CCSC1)N1CCC(CC(=O)NC)CC1.I. The minimum atomic E-state index is 0. The molecule has 3 saturated heterocycles. The van der Waals surface area contributed by atoms with Crippen molar-refractivity contribution in [2.45, 2.75) is 38.1 Å². The molecule has 3 rings (SSSR count). The maximum absolute atomic E-state index is 11.7. The number of hydrogen-bond donors (Lipinski definition) is 2. The number of nitrogens with zero attached hydrogens (tertiary/aromatic N) is 3. The zero-order chi connectivity index (χ0) is 19.8. The van der Waals surface area contributed by atoms with E-state index in [0.717, 1.165) is 71.3 Å². The molecule has 9 heteroatoms. The van der Waals surface area contributed by atoms with E-state index in [0.29, 0.717) is 12.3 Å². The lowest BCUT2D eigenvalue weighted by Crippen LogP contribution is -2.56. The van der Waals surface area contributed by atoms with Crippen molar-refractivity contribution in [1.82, 2.24) is 20.4 Å². The molecule has 3 aliphatic rings. The first-order valence-corrected chi connectivity index (χ1v) is 12.0. The van der Waals surface area contributed by atoms with Gasteiger partial charge in [0.25, 0.3) is 0 Å². The fraction of sp³-hybridized carbons (Fsp3) is 0.900. The average molecular weight is 540 g/mol. The van der Waals surface area contributed by atoms with Crippen LogP contribution in [0.3, 0.4) is 0 Å². The lowest BCUT2D eigenvalue weighted by molar-refractivity contribution is -0.121. The molecule has 3 heterocycles. The third-order valence-corrected chi connectivity index (χ3v) is 7.52. The van der Waals surface area contributed by atoms with Crippen molar-refractivity contribution in [3.05, 3.63) is 0 Å². The van der Waals surface area contributed by atoms with E-state index in [9.17, 15) is 4.79 Å². The number of halogens is 1. The second-order valence-electron chi connectivity index (χ2n) is 8.10. The topological polar surface area (TPSA) is 69.2 Å². The number of hydrogen-bond acceptors (Lipinski definition) is 5. The zero-order valence-corrected chi connectivity index (χ0v) is 21.1. The van der Waals surface area contributed by atoms with Crippen LogP contribution in [0, 0.1) is 5.92 Å². The number of thioether (sulfide) groups is 1. The molecular formula is C20H38IN5O2S. The molecule has 3 aliphatic heterocycles. The van der Waals surface area contributed by atoms with Gasteiger partial charge in [-0.15, -0.1) is 24.0 Å². The standard InChI is InChI=1S/C20H37N5O2S.HI/c1-3-22-19(24-7-4-17(5-8-24)14-18(26)21-2)23-15-20(6-13-28-16-20)25-9-11-27-12-10-25;/h17H,3-16H2,1-2H3,(H,21,26)(H,22,23);1H. The van der Waals surface area contributed by atoms with E-state index in [2.05, 4.69) is 39.1 Å². The summed E-state index contributed by atoms with van der Waals surface area (Å²) in [5, 5.41) is 6.26. The molecule has 0 aromatic rings. The lowest BCUT2D eigenvalue weighted by atomic mass is 9.93. The number of amides is 1. The first-order chi connectivity index (χ1) is 13.7. The van der Waals surface area contributed by atoms with Crippen molar-refractivity contribution in [2.75, 3.05) is 71.0 Å². The van der Waals surface area contributed by atoms with E-state index >= 15 is 0 Å². The first kappa shape index (κ1) is 25.0. The third kappa shape index (κ3) is 6.87. The Kier molecular flexibility index (Phi) is 10.8. The molecule has 1 unspecified atom stereocenters. The summed E-state index contributed by atoms with van der Waals surface area (Å²) in [7, 11) is 1.72. The molecule has 3 fully saturated rings. The first-order valence-electron chi connectivity index (χ1n) is 10.8. The number of guanidine groups is 1. The van der Waals surface area contributed by atoms with Crippen molar-refractivity contribution >= 4 is 47.6 Å². The number of ether oxygens (including phenoxy) is 1. The van der Waals surface area contributed by atoms with Crippen LogP contribution in [0.2, 0.25) is 0 Å². The molecule has 0 radical (unpaired) electrons. The van der Waals surface area contributed by atoms with Crippen LogP contribution < -0.4 is 10.6 Å².